The van der Waals surface area contributed by atoms with E-state index >= 15 is 0 Å². The van der Waals surface area contributed by atoms with Crippen LogP contribution >= 0.6 is 0 Å². The zero-order valence-corrected chi connectivity index (χ0v) is 13.3. The van der Waals surface area contributed by atoms with Gasteiger partial charge in [0, 0.05) is 18.9 Å². The predicted molar refractivity (Wildman–Crippen MR) is 79.6 cm³/mol. The third kappa shape index (κ3) is 4.47. The van der Waals surface area contributed by atoms with Crippen molar-refractivity contribution in [2.75, 3.05) is 13.2 Å². The van der Waals surface area contributed by atoms with Gasteiger partial charge < -0.3 is 14.4 Å². The zero-order valence-electron chi connectivity index (χ0n) is 13.3. The van der Waals surface area contributed by atoms with Crippen LogP contribution in [0.2, 0.25) is 0 Å². The van der Waals surface area contributed by atoms with E-state index in [2.05, 4.69) is 4.98 Å². The Balaban J connectivity index is 1.92. The van der Waals surface area contributed by atoms with Crippen LogP contribution in [0, 0.1) is 0 Å². The van der Waals surface area contributed by atoms with Gasteiger partial charge in [0.15, 0.2) is 0 Å². The summed E-state index contributed by atoms with van der Waals surface area (Å²) in [6.07, 6.45) is 6.32. The van der Waals surface area contributed by atoms with Crippen molar-refractivity contribution in [1.82, 2.24) is 14.5 Å². The average molecular weight is 309 g/mol. The summed E-state index contributed by atoms with van der Waals surface area (Å²) in [7, 11) is 0. The van der Waals surface area contributed by atoms with Crippen molar-refractivity contribution in [3.63, 3.8) is 0 Å². The second kappa shape index (κ2) is 6.81. The van der Waals surface area contributed by atoms with Crippen LogP contribution in [-0.4, -0.2) is 51.4 Å². The highest BCUT2D eigenvalue weighted by Gasteiger charge is 2.31. The van der Waals surface area contributed by atoms with Gasteiger partial charge in [0.1, 0.15) is 18.5 Å². The predicted octanol–water partition coefficient (Wildman–Crippen LogP) is 2.66. The fraction of sp³-hybridized carbons (Fsp3) is 0.667. The Kier molecular flexibility index (Phi) is 5.05. The molecule has 0 spiro atoms. The third-order valence-electron chi connectivity index (χ3n) is 3.37. The first-order valence-electron chi connectivity index (χ1n) is 7.51. The second-order valence-corrected chi connectivity index (χ2v) is 6.37. The zero-order chi connectivity index (χ0) is 16.2. The van der Waals surface area contributed by atoms with Crippen molar-refractivity contribution < 1.29 is 19.1 Å². The van der Waals surface area contributed by atoms with Gasteiger partial charge in [-0.05, 0) is 40.0 Å². The fourth-order valence-electron chi connectivity index (χ4n) is 2.34. The van der Waals surface area contributed by atoms with Crippen LogP contribution in [0.5, 0.6) is 0 Å². The number of rotatable bonds is 2. The lowest BCUT2D eigenvalue weighted by Gasteiger charge is -2.36. The smallest absolute Gasteiger partial charge is 0.419 e. The van der Waals surface area contributed by atoms with Crippen molar-refractivity contribution in [2.24, 2.45) is 0 Å². The number of nitrogens with zero attached hydrogens (tertiary/aromatic N) is 3. The summed E-state index contributed by atoms with van der Waals surface area (Å²) in [5.74, 6) is 0. The molecule has 0 aromatic carbocycles. The Bertz CT molecular complexity index is 507. The number of aromatic nitrogens is 2. The highest BCUT2D eigenvalue weighted by Crippen LogP contribution is 2.20. The van der Waals surface area contributed by atoms with Crippen LogP contribution in [-0.2, 0) is 9.47 Å². The molecule has 1 fully saturated rings. The van der Waals surface area contributed by atoms with Gasteiger partial charge in [0.2, 0.25) is 0 Å². The highest BCUT2D eigenvalue weighted by atomic mass is 16.6. The van der Waals surface area contributed by atoms with Crippen LogP contribution in [0.15, 0.2) is 18.7 Å². The van der Waals surface area contributed by atoms with Gasteiger partial charge in [-0.25, -0.2) is 19.1 Å². The third-order valence-corrected chi connectivity index (χ3v) is 3.37. The molecule has 0 aliphatic carbocycles. The molecule has 22 heavy (non-hydrogen) atoms. The SMILES string of the molecule is CC(C)(C)OC(=O)N1CCCCC1COC(=O)n1ccnc1. The number of carbonyl (C=O) groups excluding carboxylic acids is 2. The molecule has 7 heteroatoms. The number of imidazole rings is 1. The molecule has 2 rings (SSSR count). The lowest BCUT2D eigenvalue weighted by Crippen LogP contribution is -2.48. The first kappa shape index (κ1) is 16.3. The van der Waals surface area contributed by atoms with E-state index < -0.39 is 11.7 Å². The number of hydrogen-bond donors (Lipinski definition) is 0. The van der Waals surface area contributed by atoms with Crippen molar-refractivity contribution in [1.29, 1.82) is 0 Å². The van der Waals surface area contributed by atoms with E-state index in [4.69, 9.17) is 9.47 Å². The van der Waals surface area contributed by atoms with E-state index in [-0.39, 0.29) is 18.7 Å². The average Bonchev–Trinajstić information content (AvgIpc) is 2.97. The van der Waals surface area contributed by atoms with Crippen molar-refractivity contribution in [3.8, 4) is 0 Å². The second-order valence-electron chi connectivity index (χ2n) is 6.37. The molecule has 2 heterocycles. The number of ether oxygens (including phenoxy) is 2. The van der Waals surface area contributed by atoms with E-state index in [1.165, 1.54) is 23.3 Å². The molecule has 0 N–H and O–H groups in total. The lowest BCUT2D eigenvalue weighted by atomic mass is 10.0. The molecule has 1 saturated heterocycles. The standard InChI is InChI=1S/C15H23N3O4/c1-15(2,3)22-14(20)18-8-5-4-6-12(18)10-21-13(19)17-9-7-16-11-17/h7,9,11-12H,4-6,8,10H2,1-3H3. The Morgan fingerprint density at radius 1 is 1.27 bits per heavy atom. The monoisotopic (exact) mass is 309 g/mol. The summed E-state index contributed by atoms with van der Waals surface area (Å²) >= 11 is 0. The molecule has 1 unspecified atom stereocenters. The Hall–Kier alpha value is -2.05. The minimum atomic E-state index is -0.535. The number of hydrogen-bond acceptors (Lipinski definition) is 5. The molecule has 7 nitrogen and oxygen atoms in total. The first-order chi connectivity index (χ1) is 10.4. The molecule has 0 saturated carbocycles. The van der Waals surface area contributed by atoms with Crippen LogP contribution < -0.4 is 0 Å². The van der Waals surface area contributed by atoms with E-state index in [1.54, 1.807) is 4.90 Å². The molecule has 0 radical (unpaired) electrons. The van der Waals surface area contributed by atoms with Crippen molar-refractivity contribution >= 4 is 12.2 Å². The highest BCUT2D eigenvalue weighted by molar-refractivity contribution is 5.70. The quantitative estimate of drug-likeness (QED) is 0.839. The molecule has 0 bridgehead atoms. The molecule has 122 valence electrons. The largest absolute Gasteiger partial charge is 0.447 e. The topological polar surface area (TPSA) is 73.7 Å². The summed E-state index contributed by atoms with van der Waals surface area (Å²) in [6.45, 7) is 6.30. The summed E-state index contributed by atoms with van der Waals surface area (Å²) < 4.78 is 12.0. The number of piperidine rings is 1. The molecule has 1 atom stereocenters. The lowest BCUT2D eigenvalue weighted by molar-refractivity contribution is -0.000257. The number of carbonyl (C=O) groups is 2. The maximum absolute atomic E-state index is 12.2. The summed E-state index contributed by atoms with van der Waals surface area (Å²) in [5.41, 5.74) is -0.535. The maximum Gasteiger partial charge on any atom is 0.419 e. The minimum absolute atomic E-state index is 0.143. The normalized spacial score (nSPS) is 18.9. The van der Waals surface area contributed by atoms with Crippen molar-refractivity contribution in [2.45, 2.75) is 51.7 Å². The number of likely N-dealkylation sites (tertiary alicyclic amines) is 1. The van der Waals surface area contributed by atoms with Gasteiger partial charge in [0.25, 0.3) is 0 Å². The minimum Gasteiger partial charge on any atom is -0.447 e. The summed E-state index contributed by atoms with van der Waals surface area (Å²) in [6, 6.07) is -0.143. The molecule has 1 aromatic rings. The van der Waals surface area contributed by atoms with Gasteiger partial charge in [-0.3, -0.25) is 0 Å². The van der Waals surface area contributed by atoms with E-state index in [9.17, 15) is 9.59 Å². The molecule has 1 aliphatic heterocycles. The van der Waals surface area contributed by atoms with Gasteiger partial charge >= 0.3 is 12.2 Å². The molecular weight excluding hydrogens is 286 g/mol. The van der Waals surface area contributed by atoms with Crippen molar-refractivity contribution in [3.05, 3.63) is 18.7 Å². The van der Waals surface area contributed by atoms with Gasteiger partial charge in [-0.2, -0.15) is 0 Å². The summed E-state index contributed by atoms with van der Waals surface area (Å²) in [5, 5.41) is 0. The fourth-order valence-corrected chi connectivity index (χ4v) is 2.34. The molecule has 1 aromatic heterocycles. The maximum atomic E-state index is 12.2. The molecule has 1 aliphatic rings. The van der Waals surface area contributed by atoms with E-state index in [1.807, 2.05) is 20.8 Å². The molecular formula is C15H23N3O4. The van der Waals surface area contributed by atoms with E-state index in [0.29, 0.717) is 6.54 Å². The first-order valence-corrected chi connectivity index (χ1v) is 7.51. The Morgan fingerprint density at radius 2 is 2.05 bits per heavy atom. The van der Waals surface area contributed by atoms with Gasteiger partial charge in [-0.15, -0.1) is 0 Å². The Morgan fingerprint density at radius 3 is 2.68 bits per heavy atom. The molecule has 1 amide bonds. The Labute approximate surface area is 130 Å². The number of amides is 1. The van der Waals surface area contributed by atoms with Crippen LogP contribution in [0.3, 0.4) is 0 Å². The van der Waals surface area contributed by atoms with E-state index in [0.717, 1.165) is 19.3 Å². The van der Waals surface area contributed by atoms with Crippen LogP contribution in [0.4, 0.5) is 9.59 Å². The van der Waals surface area contributed by atoms with Gasteiger partial charge in [0.05, 0.1) is 6.04 Å². The summed E-state index contributed by atoms with van der Waals surface area (Å²) in [4.78, 5) is 29.5. The van der Waals surface area contributed by atoms with Crippen LogP contribution in [0.25, 0.3) is 0 Å². The van der Waals surface area contributed by atoms with Gasteiger partial charge in [-0.1, -0.05) is 0 Å². The van der Waals surface area contributed by atoms with Crippen LogP contribution in [0.1, 0.15) is 40.0 Å².